The number of para-hydroxylation sites is 1. The number of halogens is 6. The molecule has 1 aromatic carbocycles. The van der Waals surface area contributed by atoms with Gasteiger partial charge in [0.05, 0.1) is 19.3 Å². The first-order valence-corrected chi connectivity index (χ1v) is 10.8. The summed E-state index contributed by atoms with van der Waals surface area (Å²) in [5.41, 5.74) is 1.32. The SMILES string of the molecule is O=C(O)C(F)(F)F.O=C(O)C(F)(F)F.c1ccc(OC[C@@H]2CO[C@@H]3CN(Cc4ccncc4)C[C@H]23)cc1. The molecule has 2 aliphatic rings. The number of benzene rings is 1. The average molecular weight is 538 g/mol. The van der Waals surface area contributed by atoms with E-state index in [-0.39, 0.29) is 0 Å². The van der Waals surface area contributed by atoms with E-state index >= 15 is 0 Å². The van der Waals surface area contributed by atoms with Crippen molar-refractivity contribution < 1.29 is 55.6 Å². The number of rotatable bonds is 5. The van der Waals surface area contributed by atoms with Gasteiger partial charge >= 0.3 is 24.3 Å². The number of nitrogens with zero attached hydrogens (tertiary/aromatic N) is 2. The van der Waals surface area contributed by atoms with Crippen LogP contribution in [0.1, 0.15) is 5.56 Å². The third kappa shape index (κ3) is 10.2. The number of hydrogen-bond acceptors (Lipinski definition) is 6. The van der Waals surface area contributed by atoms with Gasteiger partial charge in [-0.1, -0.05) is 18.2 Å². The van der Waals surface area contributed by atoms with Gasteiger partial charge in [0, 0.05) is 43.9 Å². The first kappa shape index (κ1) is 29.8. The zero-order chi connectivity index (χ0) is 27.6. The summed E-state index contributed by atoms with van der Waals surface area (Å²) in [5.74, 6) is -3.49. The van der Waals surface area contributed by atoms with Crippen LogP contribution in [0.15, 0.2) is 54.9 Å². The minimum Gasteiger partial charge on any atom is -0.493 e. The maximum Gasteiger partial charge on any atom is 0.490 e. The van der Waals surface area contributed by atoms with E-state index in [1.165, 1.54) is 5.56 Å². The summed E-state index contributed by atoms with van der Waals surface area (Å²) in [6.07, 6.45) is -6.08. The Balaban J connectivity index is 0.000000286. The fraction of sp³-hybridized carbons (Fsp3) is 0.435. The monoisotopic (exact) mass is 538 g/mol. The normalized spacial score (nSPS) is 21.1. The van der Waals surface area contributed by atoms with Crippen molar-refractivity contribution in [3.63, 3.8) is 0 Å². The van der Waals surface area contributed by atoms with Gasteiger partial charge in [0.25, 0.3) is 0 Å². The van der Waals surface area contributed by atoms with Crippen LogP contribution in [0.4, 0.5) is 26.3 Å². The van der Waals surface area contributed by atoms with Gasteiger partial charge in [0.1, 0.15) is 5.75 Å². The molecule has 0 unspecified atom stereocenters. The third-order valence-corrected chi connectivity index (χ3v) is 5.36. The van der Waals surface area contributed by atoms with Crippen LogP contribution < -0.4 is 4.74 Å². The molecular formula is C23H24F6N2O6. The van der Waals surface area contributed by atoms with Crippen molar-refractivity contribution in [2.24, 2.45) is 11.8 Å². The lowest BCUT2D eigenvalue weighted by Gasteiger charge is -2.20. The largest absolute Gasteiger partial charge is 0.493 e. The molecule has 14 heteroatoms. The number of aliphatic carboxylic acids is 2. The van der Waals surface area contributed by atoms with Gasteiger partial charge in [-0.3, -0.25) is 9.88 Å². The maximum atomic E-state index is 10.6. The molecular weight excluding hydrogens is 514 g/mol. The van der Waals surface area contributed by atoms with E-state index < -0.39 is 24.3 Å². The molecule has 37 heavy (non-hydrogen) atoms. The number of pyridine rings is 1. The topological polar surface area (TPSA) is 109 Å². The van der Waals surface area contributed by atoms with E-state index in [0.717, 1.165) is 38.6 Å². The van der Waals surface area contributed by atoms with Crippen LogP contribution in [0, 0.1) is 11.8 Å². The van der Waals surface area contributed by atoms with Crippen LogP contribution in [0.3, 0.4) is 0 Å². The summed E-state index contributed by atoms with van der Waals surface area (Å²) in [5, 5.41) is 14.2. The number of alkyl halides is 6. The summed E-state index contributed by atoms with van der Waals surface area (Å²) in [4.78, 5) is 24.4. The molecule has 4 rings (SSSR count). The first-order valence-electron chi connectivity index (χ1n) is 10.8. The predicted octanol–water partition coefficient (Wildman–Crippen LogP) is 3.87. The standard InChI is InChI=1S/C19H22N2O2.2C2HF3O2/c1-2-4-17(5-3-1)22-13-16-14-23-19-12-21(11-18(16)19)10-15-6-8-20-9-7-15;2*3-2(4,5)1(6)7/h1-9,16,18-19H,10-14H2;2*(H,6,7)/t16-,18-,19-;;/m1../s1. The Hall–Kier alpha value is -3.39. The molecule has 8 nitrogen and oxygen atoms in total. The van der Waals surface area contributed by atoms with E-state index in [2.05, 4.69) is 22.0 Å². The molecule has 0 bridgehead atoms. The second kappa shape index (κ2) is 13.2. The van der Waals surface area contributed by atoms with Crippen molar-refractivity contribution in [3.8, 4) is 5.75 Å². The van der Waals surface area contributed by atoms with Gasteiger partial charge in [-0.2, -0.15) is 26.3 Å². The molecule has 1 aromatic heterocycles. The van der Waals surface area contributed by atoms with E-state index in [4.69, 9.17) is 29.3 Å². The smallest absolute Gasteiger partial charge is 0.490 e. The second-order valence-corrected chi connectivity index (χ2v) is 8.08. The number of fused-ring (bicyclic) bond motifs is 1. The molecule has 0 amide bonds. The quantitative estimate of drug-likeness (QED) is 0.553. The van der Waals surface area contributed by atoms with Crippen LogP contribution in [0.2, 0.25) is 0 Å². The molecule has 3 atom stereocenters. The molecule has 204 valence electrons. The van der Waals surface area contributed by atoms with Crippen LogP contribution in [0.5, 0.6) is 5.75 Å². The lowest BCUT2D eigenvalue weighted by atomic mass is 9.94. The van der Waals surface area contributed by atoms with Gasteiger partial charge in [-0.15, -0.1) is 0 Å². The van der Waals surface area contributed by atoms with Crippen LogP contribution >= 0.6 is 0 Å². The number of likely N-dealkylation sites (tertiary alicyclic amines) is 1. The third-order valence-electron chi connectivity index (χ3n) is 5.36. The highest BCUT2D eigenvalue weighted by molar-refractivity contribution is 5.73. The van der Waals surface area contributed by atoms with Crippen molar-refractivity contribution in [2.75, 3.05) is 26.3 Å². The summed E-state index contributed by atoms with van der Waals surface area (Å²) in [6, 6.07) is 14.2. The molecule has 0 saturated carbocycles. The van der Waals surface area contributed by atoms with Crippen LogP contribution in [-0.4, -0.2) is 76.8 Å². The van der Waals surface area contributed by atoms with Gasteiger partial charge in [-0.05, 0) is 29.8 Å². The van der Waals surface area contributed by atoms with Crippen molar-refractivity contribution in [1.29, 1.82) is 0 Å². The van der Waals surface area contributed by atoms with E-state index in [1.807, 2.05) is 42.7 Å². The molecule has 2 saturated heterocycles. The van der Waals surface area contributed by atoms with Crippen molar-refractivity contribution in [3.05, 3.63) is 60.4 Å². The van der Waals surface area contributed by atoms with E-state index in [0.29, 0.717) is 17.9 Å². The summed E-state index contributed by atoms with van der Waals surface area (Å²) in [6.45, 7) is 4.66. The molecule has 0 radical (unpaired) electrons. The number of carboxylic acid groups (broad SMARTS) is 2. The fourth-order valence-corrected chi connectivity index (χ4v) is 3.65. The minimum absolute atomic E-state index is 0.362. The number of carbonyl (C=O) groups is 2. The summed E-state index contributed by atoms with van der Waals surface area (Å²) >= 11 is 0. The van der Waals surface area contributed by atoms with Gasteiger partial charge < -0.3 is 19.7 Å². The van der Waals surface area contributed by atoms with Crippen molar-refractivity contribution in [1.82, 2.24) is 9.88 Å². The summed E-state index contributed by atoms with van der Waals surface area (Å²) < 4.78 is 75.4. The minimum atomic E-state index is -5.08. The van der Waals surface area contributed by atoms with Gasteiger partial charge in [0.2, 0.25) is 0 Å². The average Bonchev–Trinajstić information content (AvgIpc) is 3.39. The summed E-state index contributed by atoms with van der Waals surface area (Å²) in [7, 11) is 0. The van der Waals surface area contributed by atoms with Gasteiger partial charge in [0.15, 0.2) is 0 Å². The van der Waals surface area contributed by atoms with Crippen LogP contribution in [0.25, 0.3) is 0 Å². The Morgan fingerprint density at radius 1 is 0.946 bits per heavy atom. The van der Waals surface area contributed by atoms with E-state index in [9.17, 15) is 26.3 Å². The van der Waals surface area contributed by atoms with Gasteiger partial charge in [-0.25, -0.2) is 9.59 Å². The van der Waals surface area contributed by atoms with Crippen LogP contribution in [-0.2, 0) is 20.9 Å². The Kier molecular flexibility index (Phi) is 10.7. The zero-order valence-electron chi connectivity index (χ0n) is 19.2. The molecule has 2 fully saturated rings. The fourth-order valence-electron chi connectivity index (χ4n) is 3.65. The second-order valence-electron chi connectivity index (χ2n) is 8.08. The molecule has 2 aromatic rings. The number of hydrogen-bond donors (Lipinski definition) is 2. The molecule has 0 aliphatic carbocycles. The maximum absolute atomic E-state index is 10.6. The zero-order valence-corrected chi connectivity index (χ0v) is 19.2. The number of aromatic nitrogens is 1. The lowest BCUT2D eigenvalue weighted by Crippen LogP contribution is -2.26. The number of ether oxygens (including phenoxy) is 2. The highest BCUT2D eigenvalue weighted by atomic mass is 19.4. The Bertz CT molecular complexity index is 967. The molecule has 0 spiro atoms. The first-order chi connectivity index (χ1) is 17.3. The number of carboxylic acids is 2. The van der Waals surface area contributed by atoms with E-state index in [1.54, 1.807) is 0 Å². The Morgan fingerprint density at radius 3 is 2.00 bits per heavy atom. The van der Waals surface area contributed by atoms with Crippen molar-refractivity contribution in [2.45, 2.75) is 25.0 Å². The predicted molar refractivity (Wildman–Crippen MR) is 116 cm³/mol. The molecule has 2 aliphatic heterocycles. The highest BCUT2D eigenvalue weighted by Crippen LogP contribution is 2.34. The van der Waals surface area contributed by atoms with Crippen molar-refractivity contribution >= 4 is 11.9 Å². The highest BCUT2D eigenvalue weighted by Gasteiger charge is 2.44. The molecule has 2 N–H and O–H groups in total. The Morgan fingerprint density at radius 2 is 1.49 bits per heavy atom. The molecule has 3 heterocycles. The Labute approximate surface area is 207 Å². The lowest BCUT2D eigenvalue weighted by molar-refractivity contribution is -0.193.